The highest BCUT2D eigenvalue weighted by Crippen LogP contribution is 2.32. The third-order valence-electron chi connectivity index (χ3n) is 10.1. The van der Waals surface area contributed by atoms with Crippen LogP contribution < -0.4 is 20.8 Å². The number of aromatic nitrogens is 2. The van der Waals surface area contributed by atoms with E-state index in [0.29, 0.717) is 73.2 Å². The van der Waals surface area contributed by atoms with Crippen LogP contribution in [0.25, 0.3) is 12.2 Å². The molecule has 0 aromatic carbocycles. The molecule has 0 aliphatic carbocycles. The van der Waals surface area contributed by atoms with Gasteiger partial charge in [-0.1, -0.05) is 25.3 Å². The van der Waals surface area contributed by atoms with Crippen LogP contribution in [0.2, 0.25) is 0 Å². The summed E-state index contributed by atoms with van der Waals surface area (Å²) in [4.78, 5) is 67.8. The van der Waals surface area contributed by atoms with E-state index >= 15 is 0 Å². The maximum Gasteiger partial charge on any atom is 0.308 e. The van der Waals surface area contributed by atoms with E-state index in [1.165, 1.54) is 6.08 Å². The Balaban J connectivity index is 1.51. The zero-order chi connectivity index (χ0) is 40.5. The molecule has 292 valence electrons. The summed E-state index contributed by atoms with van der Waals surface area (Å²) in [6.07, 6.45) is -3.68. The summed E-state index contributed by atoms with van der Waals surface area (Å²) in [5.74, 6) is -4.63. The quantitative estimate of drug-likeness (QED) is 0.117. The molecule has 16 nitrogen and oxygen atoms in total. The lowest BCUT2D eigenvalue weighted by molar-refractivity contribution is -0.346. The van der Waals surface area contributed by atoms with E-state index < -0.39 is 48.6 Å². The second-order valence-electron chi connectivity index (χ2n) is 13.5. The number of hydrogen-bond acceptors (Lipinski definition) is 12. The molecule has 1 saturated heterocycles. The molecule has 5 atom stereocenters. The zero-order valence-electron chi connectivity index (χ0n) is 30.7. The van der Waals surface area contributed by atoms with Gasteiger partial charge in [0.1, 0.15) is 24.4 Å². The van der Waals surface area contributed by atoms with Crippen LogP contribution in [0.4, 0.5) is 0 Å². The molecule has 7 N–H and O–H groups in total. The maximum atomic E-state index is 13.1. The maximum absolute atomic E-state index is 13.1. The van der Waals surface area contributed by atoms with Crippen molar-refractivity contribution in [2.75, 3.05) is 0 Å². The first kappa shape index (κ1) is 40.4. The molecule has 0 saturated carbocycles. The smallest absolute Gasteiger partial charge is 0.308 e. The fourth-order valence-electron chi connectivity index (χ4n) is 6.93. The van der Waals surface area contributed by atoms with E-state index in [1.54, 1.807) is 39.0 Å². The number of ether oxygens (including phenoxy) is 2. The number of aliphatic hydroxyl groups excluding tert-OH is 3. The number of carboxylic acids is 2. The average Bonchev–Trinajstić information content (AvgIpc) is 3.78. The van der Waals surface area contributed by atoms with Gasteiger partial charge in [0.15, 0.2) is 0 Å². The van der Waals surface area contributed by atoms with Gasteiger partial charge in [-0.15, -0.1) is 0 Å². The van der Waals surface area contributed by atoms with Gasteiger partial charge in [-0.05, 0) is 86.9 Å². The fourth-order valence-corrected chi connectivity index (χ4v) is 6.93. The number of aliphatic carboxylic acids is 2. The molecular weight excluding hydrogens is 716 g/mol. The third-order valence-corrected chi connectivity index (χ3v) is 10.1. The van der Waals surface area contributed by atoms with Crippen molar-refractivity contribution in [1.82, 2.24) is 20.6 Å². The molecule has 3 aliphatic heterocycles. The molecule has 5 heterocycles. The topological polar surface area (TPSA) is 266 Å². The molecular formula is C39H42N4O12-2. The third kappa shape index (κ3) is 8.17. The highest BCUT2D eigenvalue weighted by molar-refractivity contribution is 6.03. The van der Waals surface area contributed by atoms with Crippen LogP contribution >= 0.6 is 0 Å². The molecule has 0 spiro atoms. The summed E-state index contributed by atoms with van der Waals surface area (Å²) in [5, 5.41) is 59.0. The molecule has 5 rings (SSSR count). The number of esters is 1. The Labute approximate surface area is 315 Å². The number of amides is 2. The van der Waals surface area contributed by atoms with Crippen molar-refractivity contribution < 1.29 is 59.0 Å². The molecule has 55 heavy (non-hydrogen) atoms. The molecule has 1 fully saturated rings. The largest absolute Gasteiger partial charge is 0.550 e. The molecule has 0 bridgehead atoms. The first-order valence-corrected chi connectivity index (χ1v) is 17.4. The number of allylic oxidation sites excluding steroid dienone is 2. The predicted octanol–water partition coefficient (Wildman–Crippen LogP) is -0.787. The van der Waals surface area contributed by atoms with Crippen LogP contribution in [0, 0.1) is 13.8 Å². The highest BCUT2D eigenvalue weighted by Gasteiger charge is 2.46. The second kappa shape index (κ2) is 16.3. The van der Waals surface area contributed by atoms with Crippen LogP contribution in [-0.4, -0.2) is 85.7 Å². The van der Waals surface area contributed by atoms with E-state index in [4.69, 9.17) is 9.47 Å². The van der Waals surface area contributed by atoms with Crippen molar-refractivity contribution >= 4 is 41.9 Å². The number of carboxylic acid groups (broad SMARTS) is 2. The molecule has 0 unspecified atom stereocenters. The van der Waals surface area contributed by atoms with Gasteiger partial charge in [0.05, 0.1) is 11.7 Å². The van der Waals surface area contributed by atoms with E-state index in [1.807, 2.05) is 6.92 Å². The van der Waals surface area contributed by atoms with Crippen molar-refractivity contribution in [1.29, 1.82) is 0 Å². The number of hydrogen-bond donors (Lipinski definition) is 7. The van der Waals surface area contributed by atoms with Crippen molar-refractivity contribution in [2.45, 2.75) is 90.5 Å². The summed E-state index contributed by atoms with van der Waals surface area (Å²) >= 11 is 0. The van der Waals surface area contributed by atoms with Gasteiger partial charge in [-0.25, -0.2) is 0 Å². The number of aliphatic hydroxyl groups is 3. The Bertz CT molecular complexity index is 2110. The van der Waals surface area contributed by atoms with Crippen molar-refractivity contribution in [3.8, 4) is 0 Å². The summed E-state index contributed by atoms with van der Waals surface area (Å²) < 4.78 is 10.2. The van der Waals surface area contributed by atoms with Gasteiger partial charge in [0.2, 0.25) is 6.29 Å². The number of carbonyl (C=O) groups is 5. The number of rotatable bonds is 14. The first-order valence-electron chi connectivity index (χ1n) is 17.4. The van der Waals surface area contributed by atoms with E-state index in [0.717, 1.165) is 5.56 Å². The lowest BCUT2D eigenvalue weighted by Gasteiger charge is -2.40. The minimum absolute atomic E-state index is 0.0401. The lowest BCUT2D eigenvalue weighted by atomic mass is 9.98. The molecule has 16 heteroatoms. The average molecular weight is 759 g/mol. The molecule has 0 radical (unpaired) electrons. The molecule has 3 aliphatic rings. The van der Waals surface area contributed by atoms with Gasteiger partial charge in [0, 0.05) is 64.0 Å². The predicted molar refractivity (Wildman–Crippen MR) is 191 cm³/mol. The van der Waals surface area contributed by atoms with Gasteiger partial charge in [-0.2, -0.15) is 0 Å². The van der Waals surface area contributed by atoms with Crippen molar-refractivity contribution in [2.24, 2.45) is 0 Å². The summed E-state index contributed by atoms with van der Waals surface area (Å²) in [7, 11) is 0. The first-order chi connectivity index (χ1) is 26.0. The van der Waals surface area contributed by atoms with E-state index in [-0.39, 0.29) is 43.9 Å². The minimum atomic E-state index is -2.07. The van der Waals surface area contributed by atoms with Crippen molar-refractivity contribution in [3.05, 3.63) is 104 Å². The normalized spacial score (nSPS) is 24.1. The van der Waals surface area contributed by atoms with E-state index in [2.05, 4.69) is 33.8 Å². The Hall–Kier alpha value is -5.81. The number of H-pyrrole nitrogens is 2. The highest BCUT2D eigenvalue weighted by atomic mass is 16.7. The SMILES string of the molecule is C=CC1=C(C)/C(=C\c2[nH]c(Cc3[nH]c(/C=C4/NC(=O)C(C)=C4C=C)c(C)c3CCC(=O)O[C@@H]3O[C@H](C(=O)[O-])[C@@H](O)[C@H](O)[C@H]3O)c(CCC(=O)[O-])c2C)NC1=O. The monoisotopic (exact) mass is 758 g/mol. The second-order valence-corrected chi connectivity index (χ2v) is 13.5. The molecule has 2 aromatic heterocycles. The van der Waals surface area contributed by atoms with E-state index in [9.17, 15) is 49.5 Å². The van der Waals surface area contributed by atoms with Crippen LogP contribution in [0.15, 0.2) is 59.0 Å². The Kier molecular flexibility index (Phi) is 12.0. The summed E-state index contributed by atoms with van der Waals surface area (Å²) in [5.41, 5.74) is 8.47. The number of aromatic amines is 2. The van der Waals surface area contributed by atoms with Crippen LogP contribution in [0.3, 0.4) is 0 Å². The van der Waals surface area contributed by atoms with Crippen LogP contribution in [-0.2, 0) is 52.7 Å². The zero-order valence-corrected chi connectivity index (χ0v) is 30.7. The van der Waals surface area contributed by atoms with Gasteiger partial charge in [-0.3, -0.25) is 14.4 Å². The van der Waals surface area contributed by atoms with Gasteiger partial charge >= 0.3 is 5.97 Å². The Morgan fingerprint density at radius 2 is 1.31 bits per heavy atom. The Morgan fingerprint density at radius 1 is 0.764 bits per heavy atom. The molecule has 2 aromatic rings. The number of nitrogens with one attached hydrogen (secondary N) is 4. The fraction of sp³-hybridized carbons (Fsp3) is 0.359. The lowest BCUT2D eigenvalue weighted by Crippen LogP contribution is -2.62. The van der Waals surface area contributed by atoms with Crippen LogP contribution in [0.1, 0.15) is 71.7 Å². The van der Waals surface area contributed by atoms with Crippen LogP contribution in [0.5, 0.6) is 0 Å². The summed E-state index contributed by atoms with van der Waals surface area (Å²) in [6.45, 7) is 14.6. The van der Waals surface area contributed by atoms with Gasteiger partial charge < -0.3 is 65.2 Å². The summed E-state index contributed by atoms with van der Waals surface area (Å²) in [6, 6.07) is 0. The van der Waals surface area contributed by atoms with Crippen molar-refractivity contribution in [3.63, 3.8) is 0 Å². The number of carbonyl (C=O) groups excluding carboxylic acids is 5. The minimum Gasteiger partial charge on any atom is -0.550 e. The molecule has 2 amide bonds. The van der Waals surface area contributed by atoms with Gasteiger partial charge in [0.25, 0.3) is 11.8 Å². The Morgan fingerprint density at radius 3 is 1.84 bits per heavy atom. The standard InChI is InChI=1S/C39H44N4O12/c1-7-20-19(6)36(50)43-27(20)14-25-18(5)23(10-12-31(46)54-39-34(49)32(47)33(48)35(55-39)38(52)53)29(41-25)15-28-22(9-11-30(44)45)17(4)24(40-28)13-26-16(3)21(8-2)37(51)42-26/h7-8,13-14,32-35,39-41,47-49H,1-2,9-12,15H2,3-6H3,(H,42,51)(H,43,50)(H,44,45)(H,52,53)/p-2/b26-13+,27-14+/t32-,33-,34+,35-,39+/m0/s1.